The van der Waals surface area contributed by atoms with E-state index in [1.165, 1.54) is 12.5 Å². The van der Waals surface area contributed by atoms with Crippen LogP contribution in [0.3, 0.4) is 0 Å². The molecule has 1 amide bonds. The zero-order valence-corrected chi connectivity index (χ0v) is 13.6. The molecule has 2 rings (SSSR count). The number of carbonyl (C=O) groups excluding carboxylic acids is 1. The highest BCUT2D eigenvalue weighted by Gasteiger charge is 2.32. The molecule has 0 aromatic carbocycles. The zero-order chi connectivity index (χ0) is 15.3. The summed E-state index contributed by atoms with van der Waals surface area (Å²) in [6, 6.07) is 0. The number of rotatable bonds is 5. The van der Waals surface area contributed by atoms with Gasteiger partial charge in [0, 0.05) is 18.0 Å². The van der Waals surface area contributed by atoms with Crippen LogP contribution in [0.2, 0.25) is 0 Å². The second-order valence-corrected chi connectivity index (χ2v) is 6.98. The third-order valence-corrected chi connectivity index (χ3v) is 5.04. The summed E-state index contributed by atoms with van der Waals surface area (Å²) >= 11 is 1.56. The van der Waals surface area contributed by atoms with Crippen LogP contribution in [-0.4, -0.2) is 28.1 Å². The van der Waals surface area contributed by atoms with Crippen LogP contribution in [-0.2, 0) is 4.79 Å². The molecule has 1 heterocycles. The van der Waals surface area contributed by atoms with E-state index in [1.54, 1.807) is 17.4 Å². The summed E-state index contributed by atoms with van der Waals surface area (Å²) in [5, 5.41) is 16.2. The average molecular weight is 308 g/mol. The number of thiazole rings is 1. The van der Waals surface area contributed by atoms with Gasteiger partial charge in [-0.1, -0.05) is 13.3 Å². The number of hydrogen-bond acceptors (Lipinski definition) is 4. The highest BCUT2D eigenvalue weighted by atomic mass is 32.1. The molecule has 0 spiro atoms. The molecule has 0 saturated heterocycles. The number of carbonyl (C=O) groups is 1. The molecule has 1 aromatic rings. The fraction of sp³-hybridized carbons (Fsp3) is 0.625. The standard InChI is InChI=1S/C16H24N2O2S/c1-3-13-6-8-16(20,9-7-13)11-17-15(19)5-4-14-10-21-12(2)18-14/h4-5,10,13,20H,3,6-9,11H2,1-2H3,(H,17,19). The van der Waals surface area contributed by atoms with E-state index in [9.17, 15) is 9.90 Å². The van der Waals surface area contributed by atoms with Gasteiger partial charge in [-0.05, 0) is 44.6 Å². The lowest BCUT2D eigenvalue weighted by Gasteiger charge is -2.35. The number of aliphatic hydroxyl groups is 1. The Hall–Kier alpha value is -1.20. The van der Waals surface area contributed by atoms with Crippen LogP contribution in [0.25, 0.3) is 6.08 Å². The quantitative estimate of drug-likeness (QED) is 0.822. The van der Waals surface area contributed by atoms with Crippen LogP contribution < -0.4 is 5.32 Å². The Labute approximate surface area is 130 Å². The van der Waals surface area contributed by atoms with E-state index in [0.29, 0.717) is 6.54 Å². The van der Waals surface area contributed by atoms with Crippen LogP contribution in [0.1, 0.15) is 49.7 Å². The Kier molecular flexibility index (Phi) is 5.53. The van der Waals surface area contributed by atoms with Crippen LogP contribution in [0.5, 0.6) is 0 Å². The molecule has 1 fully saturated rings. The van der Waals surface area contributed by atoms with Gasteiger partial charge in [-0.2, -0.15) is 0 Å². The predicted molar refractivity (Wildman–Crippen MR) is 86.1 cm³/mol. The molecule has 0 atom stereocenters. The largest absolute Gasteiger partial charge is 0.388 e. The van der Waals surface area contributed by atoms with E-state index in [-0.39, 0.29) is 5.91 Å². The Morgan fingerprint density at radius 1 is 1.57 bits per heavy atom. The summed E-state index contributed by atoms with van der Waals surface area (Å²) in [4.78, 5) is 16.1. The summed E-state index contributed by atoms with van der Waals surface area (Å²) in [5.41, 5.74) is 0.0710. The van der Waals surface area contributed by atoms with Crippen LogP contribution in [0.4, 0.5) is 0 Å². The van der Waals surface area contributed by atoms with E-state index in [1.807, 2.05) is 12.3 Å². The first-order valence-electron chi connectivity index (χ1n) is 7.61. The van der Waals surface area contributed by atoms with E-state index >= 15 is 0 Å². The third-order valence-electron chi connectivity index (χ3n) is 4.25. The maximum absolute atomic E-state index is 11.8. The molecule has 1 aliphatic rings. The second-order valence-electron chi connectivity index (χ2n) is 5.92. The molecule has 4 nitrogen and oxygen atoms in total. The molecule has 0 unspecified atom stereocenters. The van der Waals surface area contributed by atoms with Gasteiger partial charge in [-0.15, -0.1) is 11.3 Å². The number of hydrogen-bond donors (Lipinski definition) is 2. The molecule has 5 heteroatoms. The van der Waals surface area contributed by atoms with Crippen molar-refractivity contribution in [2.45, 2.75) is 51.6 Å². The lowest BCUT2D eigenvalue weighted by Crippen LogP contribution is -2.45. The highest BCUT2D eigenvalue weighted by Crippen LogP contribution is 2.33. The van der Waals surface area contributed by atoms with Gasteiger partial charge in [0.2, 0.25) is 5.91 Å². The maximum atomic E-state index is 11.8. The van der Waals surface area contributed by atoms with Gasteiger partial charge in [-0.3, -0.25) is 4.79 Å². The molecule has 1 aliphatic carbocycles. The number of amides is 1. The van der Waals surface area contributed by atoms with Crippen molar-refractivity contribution in [3.05, 3.63) is 22.2 Å². The molecule has 0 aliphatic heterocycles. The smallest absolute Gasteiger partial charge is 0.244 e. The molecule has 21 heavy (non-hydrogen) atoms. The maximum Gasteiger partial charge on any atom is 0.244 e. The monoisotopic (exact) mass is 308 g/mol. The van der Waals surface area contributed by atoms with Gasteiger partial charge in [0.1, 0.15) is 0 Å². The summed E-state index contributed by atoms with van der Waals surface area (Å²) in [6.45, 7) is 4.47. The lowest BCUT2D eigenvalue weighted by molar-refractivity contribution is -0.118. The Bertz CT molecular complexity index is 502. The zero-order valence-electron chi connectivity index (χ0n) is 12.8. The fourth-order valence-corrected chi connectivity index (χ4v) is 3.31. The van der Waals surface area contributed by atoms with Crippen LogP contribution >= 0.6 is 11.3 Å². The molecule has 1 saturated carbocycles. The number of nitrogens with zero attached hydrogens (tertiary/aromatic N) is 1. The molecule has 2 N–H and O–H groups in total. The minimum Gasteiger partial charge on any atom is -0.388 e. The Balaban J connectivity index is 1.77. The van der Waals surface area contributed by atoms with Crippen molar-refractivity contribution in [1.29, 1.82) is 0 Å². The molecule has 116 valence electrons. The van der Waals surface area contributed by atoms with Crippen molar-refractivity contribution in [1.82, 2.24) is 10.3 Å². The molecule has 1 aromatic heterocycles. The lowest BCUT2D eigenvalue weighted by atomic mass is 9.78. The van der Waals surface area contributed by atoms with E-state index < -0.39 is 5.60 Å². The average Bonchev–Trinajstić information content (AvgIpc) is 2.90. The first-order chi connectivity index (χ1) is 10.0. The number of aromatic nitrogens is 1. The minimum absolute atomic E-state index is 0.174. The molecule has 0 radical (unpaired) electrons. The minimum atomic E-state index is -0.730. The SMILES string of the molecule is CCC1CCC(O)(CNC(=O)C=Cc2csc(C)n2)CC1. The van der Waals surface area contributed by atoms with Crippen LogP contribution in [0.15, 0.2) is 11.5 Å². The molecular weight excluding hydrogens is 284 g/mol. The Morgan fingerprint density at radius 3 is 2.86 bits per heavy atom. The van der Waals surface area contributed by atoms with Gasteiger partial charge in [-0.25, -0.2) is 4.98 Å². The van der Waals surface area contributed by atoms with Crippen molar-refractivity contribution in [2.75, 3.05) is 6.54 Å². The number of nitrogens with one attached hydrogen (secondary N) is 1. The first-order valence-corrected chi connectivity index (χ1v) is 8.49. The van der Waals surface area contributed by atoms with E-state index in [0.717, 1.165) is 42.3 Å². The summed E-state index contributed by atoms with van der Waals surface area (Å²) in [6.07, 6.45) is 8.03. The molecule has 0 bridgehead atoms. The van der Waals surface area contributed by atoms with Crippen molar-refractivity contribution < 1.29 is 9.90 Å². The molecular formula is C16H24N2O2S. The summed E-state index contributed by atoms with van der Waals surface area (Å²) in [5.74, 6) is 0.556. The summed E-state index contributed by atoms with van der Waals surface area (Å²) in [7, 11) is 0. The number of aryl methyl sites for hydroxylation is 1. The van der Waals surface area contributed by atoms with Crippen molar-refractivity contribution in [2.24, 2.45) is 5.92 Å². The van der Waals surface area contributed by atoms with Crippen molar-refractivity contribution in [3.8, 4) is 0 Å². The predicted octanol–water partition coefficient (Wildman–Crippen LogP) is 2.91. The summed E-state index contributed by atoms with van der Waals surface area (Å²) < 4.78 is 0. The van der Waals surface area contributed by atoms with Gasteiger partial charge >= 0.3 is 0 Å². The van der Waals surface area contributed by atoms with Gasteiger partial charge in [0.15, 0.2) is 0 Å². The van der Waals surface area contributed by atoms with Crippen molar-refractivity contribution in [3.63, 3.8) is 0 Å². The topological polar surface area (TPSA) is 62.2 Å². The fourth-order valence-electron chi connectivity index (χ4n) is 2.73. The van der Waals surface area contributed by atoms with Gasteiger partial charge < -0.3 is 10.4 Å². The normalized spacial score (nSPS) is 26.1. The van der Waals surface area contributed by atoms with E-state index in [4.69, 9.17) is 0 Å². The Morgan fingerprint density at radius 2 is 2.29 bits per heavy atom. The third kappa shape index (κ3) is 4.93. The van der Waals surface area contributed by atoms with Crippen molar-refractivity contribution >= 4 is 23.3 Å². The highest BCUT2D eigenvalue weighted by molar-refractivity contribution is 7.09. The van der Waals surface area contributed by atoms with Crippen LogP contribution in [0, 0.1) is 12.8 Å². The first kappa shape index (κ1) is 16.2. The second kappa shape index (κ2) is 7.18. The van der Waals surface area contributed by atoms with E-state index in [2.05, 4.69) is 17.2 Å². The van der Waals surface area contributed by atoms with Gasteiger partial charge in [0.25, 0.3) is 0 Å². The van der Waals surface area contributed by atoms with Gasteiger partial charge in [0.05, 0.1) is 16.3 Å².